The zero-order valence-electron chi connectivity index (χ0n) is 14.8. The van der Waals surface area contributed by atoms with E-state index in [1.54, 1.807) is 22.7 Å². The van der Waals surface area contributed by atoms with E-state index in [0.717, 1.165) is 22.6 Å². The fourth-order valence-corrected chi connectivity index (χ4v) is 4.11. The molecule has 2 heterocycles. The quantitative estimate of drug-likeness (QED) is 0.562. The molecule has 0 unspecified atom stereocenters. The first kappa shape index (κ1) is 19.7. The SMILES string of the molecule is CCCC[C@@H](CC(=O)N(Cc1cccs1)Cc1cccs1)C(=O)OC. The Hall–Kier alpha value is -1.66. The lowest BCUT2D eigenvalue weighted by Crippen LogP contribution is -2.33. The maximum Gasteiger partial charge on any atom is 0.309 e. The van der Waals surface area contributed by atoms with Crippen LogP contribution in [-0.2, 0) is 27.4 Å². The van der Waals surface area contributed by atoms with E-state index in [1.807, 2.05) is 39.9 Å². The third-order valence-electron chi connectivity index (χ3n) is 4.07. The first-order valence-electron chi connectivity index (χ1n) is 8.54. The van der Waals surface area contributed by atoms with Gasteiger partial charge in [0.15, 0.2) is 0 Å². The van der Waals surface area contributed by atoms with Gasteiger partial charge in [-0.2, -0.15) is 0 Å². The van der Waals surface area contributed by atoms with Crippen LogP contribution >= 0.6 is 22.7 Å². The van der Waals surface area contributed by atoms with Crippen LogP contribution in [0.3, 0.4) is 0 Å². The van der Waals surface area contributed by atoms with Crippen molar-refractivity contribution in [1.82, 2.24) is 4.90 Å². The van der Waals surface area contributed by atoms with E-state index in [4.69, 9.17) is 4.74 Å². The molecule has 2 aromatic rings. The molecule has 0 fully saturated rings. The average Bonchev–Trinajstić information content (AvgIpc) is 3.31. The summed E-state index contributed by atoms with van der Waals surface area (Å²) in [5, 5.41) is 4.03. The van der Waals surface area contributed by atoms with Crippen LogP contribution in [0, 0.1) is 5.92 Å². The molecule has 6 heteroatoms. The summed E-state index contributed by atoms with van der Waals surface area (Å²) in [6, 6.07) is 8.06. The minimum atomic E-state index is -0.355. The van der Waals surface area contributed by atoms with Gasteiger partial charge in [-0.25, -0.2) is 0 Å². The molecule has 0 N–H and O–H groups in total. The van der Waals surface area contributed by atoms with Crippen molar-refractivity contribution in [3.05, 3.63) is 44.8 Å². The Bertz CT molecular complexity index is 601. The average molecular weight is 380 g/mol. The first-order chi connectivity index (χ1) is 12.1. The lowest BCUT2D eigenvalue weighted by molar-refractivity contribution is -0.149. The fraction of sp³-hybridized carbons (Fsp3) is 0.474. The van der Waals surface area contributed by atoms with Crippen LogP contribution in [0.25, 0.3) is 0 Å². The molecule has 4 nitrogen and oxygen atoms in total. The number of hydrogen-bond donors (Lipinski definition) is 0. The van der Waals surface area contributed by atoms with Gasteiger partial charge in [0, 0.05) is 16.2 Å². The van der Waals surface area contributed by atoms with Gasteiger partial charge in [0.2, 0.25) is 5.91 Å². The van der Waals surface area contributed by atoms with Crippen molar-refractivity contribution in [2.75, 3.05) is 7.11 Å². The highest BCUT2D eigenvalue weighted by Gasteiger charge is 2.25. The Labute approximate surface area is 157 Å². The molecule has 2 rings (SSSR count). The van der Waals surface area contributed by atoms with Crippen LogP contribution < -0.4 is 0 Å². The molecule has 1 atom stereocenters. The third kappa shape index (κ3) is 6.29. The number of carbonyl (C=O) groups is 2. The molecule has 0 saturated heterocycles. The predicted octanol–water partition coefficient (Wildman–Crippen LogP) is 4.71. The van der Waals surface area contributed by atoms with Crippen LogP contribution in [0.2, 0.25) is 0 Å². The van der Waals surface area contributed by atoms with Gasteiger partial charge in [-0.05, 0) is 29.3 Å². The molecule has 0 aliphatic heterocycles. The highest BCUT2D eigenvalue weighted by molar-refractivity contribution is 7.10. The smallest absolute Gasteiger partial charge is 0.309 e. The van der Waals surface area contributed by atoms with Gasteiger partial charge >= 0.3 is 5.97 Å². The number of esters is 1. The van der Waals surface area contributed by atoms with Crippen LogP contribution in [-0.4, -0.2) is 23.9 Å². The number of thiophene rings is 2. The fourth-order valence-electron chi connectivity index (χ4n) is 2.67. The Morgan fingerprint density at radius 3 is 2.16 bits per heavy atom. The summed E-state index contributed by atoms with van der Waals surface area (Å²) in [5.74, 6) is -0.631. The van der Waals surface area contributed by atoms with E-state index in [2.05, 4.69) is 6.92 Å². The zero-order valence-corrected chi connectivity index (χ0v) is 16.4. The largest absolute Gasteiger partial charge is 0.469 e. The van der Waals surface area contributed by atoms with Crippen molar-refractivity contribution in [1.29, 1.82) is 0 Å². The summed E-state index contributed by atoms with van der Waals surface area (Å²) in [6.07, 6.45) is 2.82. The number of methoxy groups -OCH3 is 1. The third-order valence-corrected chi connectivity index (χ3v) is 5.79. The van der Waals surface area contributed by atoms with E-state index in [1.165, 1.54) is 7.11 Å². The van der Waals surface area contributed by atoms with E-state index in [-0.39, 0.29) is 24.2 Å². The highest BCUT2D eigenvalue weighted by atomic mass is 32.1. The van der Waals surface area contributed by atoms with Gasteiger partial charge in [-0.3, -0.25) is 9.59 Å². The molecule has 0 aromatic carbocycles. The highest BCUT2D eigenvalue weighted by Crippen LogP contribution is 2.21. The summed E-state index contributed by atoms with van der Waals surface area (Å²) in [6.45, 7) is 3.24. The van der Waals surface area contributed by atoms with Crippen molar-refractivity contribution in [2.24, 2.45) is 5.92 Å². The maximum absolute atomic E-state index is 12.9. The maximum atomic E-state index is 12.9. The lowest BCUT2D eigenvalue weighted by atomic mass is 9.98. The Morgan fingerprint density at radius 2 is 1.72 bits per heavy atom. The van der Waals surface area contributed by atoms with Gasteiger partial charge in [-0.1, -0.05) is 31.9 Å². The number of ether oxygens (including phenoxy) is 1. The molecular formula is C19H25NO3S2. The standard InChI is InChI=1S/C19H25NO3S2/c1-3-4-7-15(19(22)23-2)12-18(21)20(13-16-8-5-10-24-16)14-17-9-6-11-25-17/h5-6,8-11,15H,3-4,7,12-14H2,1-2H3/t15-/m0/s1. The number of unbranched alkanes of at least 4 members (excludes halogenated alkanes) is 1. The van der Waals surface area contributed by atoms with Gasteiger partial charge in [0.1, 0.15) is 0 Å². The second-order valence-electron chi connectivity index (χ2n) is 5.97. The molecule has 0 saturated carbocycles. The lowest BCUT2D eigenvalue weighted by Gasteiger charge is -2.24. The molecule has 0 spiro atoms. The summed E-state index contributed by atoms with van der Waals surface area (Å²) < 4.78 is 4.90. The Kier molecular flexibility index (Phi) is 8.15. The van der Waals surface area contributed by atoms with E-state index >= 15 is 0 Å². The normalized spacial score (nSPS) is 11.9. The predicted molar refractivity (Wildman–Crippen MR) is 103 cm³/mol. The van der Waals surface area contributed by atoms with Crippen LogP contribution in [0.5, 0.6) is 0 Å². The Balaban J connectivity index is 2.07. The summed E-state index contributed by atoms with van der Waals surface area (Å²) >= 11 is 3.29. The van der Waals surface area contributed by atoms with Crippen LogP contribution in [0.4, 0.5) is 0 Å². The van der Waals surface area contributed by atoms with Crippen molar-refractivity contribution in [2.45, 2.75) is 45.7 Å². The summed E-state index contributed by atoms with van der Waals surface area (Å²) in [5.41, 5.74) is 0. The summed E-state index contributed by atoms with van der Waals surface area (Å²) in [7, 11) is 1.39. The monoisotopic (exact) mass is 379 g/mol. The van der Waals surface area contributed by atoms with E-state index in [9.17, 15) is 9.59 Å². The number of amides is 1. The van der Waals surface area contributed by atoms with Gasteiger partial charge in [-0.15, -0.1) is 22.7 Å². The molecule has 2 aromatic heterocycles. The van der Waals surface area contributed by atoms with Crippen molar-refractivity contribution in [3.8, 4) is 0 Å². The molecular weight excluding hydrogens is 354 g/mol. The Morgan fingerprint density at radius 1 is 1.12 bits per heavy atom. The molecule has 136 valence electrons. The van der Waals surface area contributed by atoms with Gasteiger partial charge < -0.3 is 9.64 Å². The minimum absolute atomic E-state index is 0.00769. The number of rotatable bonds is 10. The number of carbonyl (C=O) groups excluding carboxylic acids is 2. The van der Waals surface area contributed by atoms with Gasteiger partial charge in [0.05, 0.1) is 26.1 Å². The van der Waals surface area contributed by atoms with E-state index in [0.29, 0.717) is 19.5 Å². The first-order valence-corrected chi connectivity index (χ1v) is 10.3. The zero-order chi connectivity index (χ0) is 18.1. The van der Waals surface area contributed by atoms with E-state index < -0.39 is 0 Å². The van der Waals surface area contributed by atoms with Crippen LogP contribution in [0.15, 0.2) is 35.0 Å². The number of hydrogen-bond acceptors (Lipinski definition) is 5. The molecule has 0 bridgehead atoms. The second-order valence-corrected chi connectivity index (χ2v) is 8.04. The van der Waals surface area contributed by atoms with Crippen molar-refractivity contribution in [3.63, 3.8) is 0 Å². The van der Waals surface area contributed by atoms with Crippen molar-refractivity contribution >= 4 is 34.6 Å². The molecule has 0 aliphatic carbocycles. The molecule has 0 radical (unpaired) electrons. The minimum Gasteiger partial charge on any atom is -0.469 e. The summed E-state index contributed by atoms with van der Waals surface area (Å²) in [4.78, 5) is 29.1. The topological polar surface area (TPSA) is 46.6 Å². The molecule has 0 aliphatic rings. The second kappa shape index (κ2) is 10.4. The van der Waals surface area contributed by atoms with Crippen molar-refractivity contribution < 1.29 is 14.3 Å². The number of nitrogens with zero attached hydrogens (tertiary/aromatic N) is 1. The molecule has 25 heavy (non-hydrogen) atoms. The van der Waals surface area contributed by atoms with Crippen LogP contribution in [0.1, 0.15) is 42.4 Å². The molecule has 1 amide bonds. The van der Waals surface area contributed by atoms with Gasteiger partial charge in [0.25, 0.3) is 0 Å².